The lowest BCUT2D eigenvalue weighted by molar-refractivity contribution is -0.0489. The van der Waals surface area contributed by atoms with Crippen molar-refractivity contribution in [1.29, 1.82) is 0 Å². The van der Waals surface area contributed by atoms with Crippen molar-refractivity contribution < 1.29 is 18.3 Å². The van der Waals surface area contributed by atoms with Crippen LogP contribution in [-0.4, -0.2) is 53.2 Å². The van der Waals surface area contributed by atoms with Gasteiger partial charge in [-0.2, -0.15) is 8.78 Å². The molecule has 3 heterocycles. The molecule has 1 aromatic carbocycles. The molecule has 0 bridgehead atoms. The molecule has 0 unspecified atom stereocenters. The number of urea groups is 1. The number of alkyl halides is 2. The Morgan fingerprint density at radius 1 is 1.12 bits per heavy atom. The first-order valence-electron chi connectivity index (χ1n) is 10.6. The summed E-state index contributed by atoms with van der Waals surface area (Å²) < 4.78 is 29.8. The number of carbonyl (C=O) groups is 1. The van der Waals surface area contributed by atoms with Crippen molar-refractivity contribution in [3.8, 4) is 5.75 Å². The van der Waals surface area contributed by atoms with Crippen molar-refractivity contribution in [2.24, 2.45) is 0 Å². The standard InChI is InChI=1S/C23H25F2N5O2/c24-22(25)32-20-4-3-19(18-2-1-10-27-21(18)20)29-23(31)28-17-8-14-30(15-9-17)13-7-16-5-11-26-12-6-16/h1-6,10-12,17,22H,7-9,13-15H2,(H2,28,29,31). The predicted octanol–water partition coefficient (Wildman–Crippen LogP) is 4.06. The quantitative estimate of drug-likeness (QED) is 0.578. The van der Waals surface area contributed by atoms with Crippen molar-refractivity contribution in [1.82, 2.24) is 20.2 Å². The number of likely N-dealkylation sites (tertiary alicyclic amines) is 1. The zero-order valence-corrected chi connectivity index (χ0v) is 17.5. The van der Waals surface area contributed by atoms with Gasteiger partial charge < -0.3 is 20.3 Å². The molecular weight excluding hydrogens is 416 g/mol. The van der Waals surface area contributed by atoms with Gasteiger partial charge in [0.05, 0.1) is 5.69 Å². The molecule has 3 aromatic rings. The highest BCUT2D eigenvalue weighted by Gasteiger charge is 2.21. The van der Waals surface area contributed by atoms with E-state index in [9.17, 15) is 13.6 Å². The lowest BCUT2D eigenvalue weighted by Crippen LogP contribution is -2.46. The number of amides is 2. The fourth-order valence-electron chi connectivity index (χ4n) is 3.93. The number of hydrogen-bond donors (Lipinski definition) is 2. The third-order valence-corrected chi connectivity index (χ3v) is 5.59. The Kier molecular flexibility index (Phi) is 7.06. The molecular formula is C23H25F2N5O2. The highest BCUT2D eigenvalue weighted by Crippen LogP contribution is 2.31. The Hall–Kier alpha value is -3.33. The molecule has 2 aromatic heterocycles. The average Bonchev–Trinajstić information content (AvgIpc) is 2.81. The summed E-state index contributed by atoms with van der Waals surface area (Å²) in [6.45, 7) is -0.127. The van der Waals surface area contributed by atoms with Gasteiger partial charge in [-0.05, 0) is 61.2 Å². The van der Waals surface area contributed by atoms with Gasteiger partial charge in [0.25, 0.3) is 0 Å². The molecule has 2 amide bonds. The summed E-state index contributed by atoms with van der Waals surface area (Å²) in [5.41, 5.74) is 2.03. The Morgan fingerprint density at radius 3 is 2.66 bits per heavy atom. The number of pyridine rings is 2. The molecule has 1 aliphatic rings. The summed E-state index contributed by atoms with van der Waals surface area (Å²) in [6, 6.07) is 10.1. The summed E-state index contributed by atoms with van der Waals surface area (Å²) in [4.78, 5) is 23.1. The van der Waals surface area contributed by atoms with Crippen LogP contribution in [0.3, 0.4) is 0 Å². The summed E-state index contributed by atoms with van der Waals surface area (Å²) in [5.74, 6) is -0.0271. The largest absolute Gasteiger partial charge is 0.432 e. The fraction of sp³-hybridized carbons (Fsp3) is 0.348. The van der Waals surface area contributed by atoms with Crippen molar-refractivity contribution in [2.75, 3.05) is 25.0 Å². The topological polar surface area (TPSA) is 79.4 Å². The molecule has 7 nitrogen and oxygen atoms in total. The molecule has 0 spiro atoms. The second-order valence-corrected chi connectivity index (χ2v) is 7.71. The van der Waals surface area contributed by atoms with Gasteiger partial charge in [0, 0.05) is 49.7 Å². The Balaban J connectivity index is 1.29. The average molecular weight is 441 g/mol. The van der Waals surface area contributed by atoms with E-state index < -0.39 is 6.61 Å². The van der Waals surface area contributed by atoms with Gasteiger partial charge in [-0.3, -0.25) is 9.97 Å². The van der Waals surface area contributed by atoms with Crippen LogP contribution in [0.15, 0.2) is 55.0 Å². The first-order chi connectivity index (χ1) is 15.6. The van der Waals surface area contributed by atoms with E-state index >= 15 is 0 Å². The minimum atomic E-state index is -2.95. The number of fused-ring (bicyclic) bond motifs is 1. The molecule has 0 aliphatic carbocycles. The normalized spacial score (nSPS) is 15.1. The third-order valence-electron chi connectivity index (χ3n) is 5.59. The highest BCUT2D eigenvalue weighted by atomic mass is 19.3. The predicted molar refractivity (Wildman–Crippen MR) is 118 cm³/mol. The van der Waals surface area contributed by atoms with Crippen molar-refractivity contribution in [3.63, 3.8) is 0 Å². The Labute approximate surface area is 184 Å². The van der Waals surface area contributed by atoms with Crippen molar-refractivity contribution in [2.45, 2.75) is 31.9 Å². The van der Waals surface area contributed by atoms with Crippen LogP contribution in [0.1, 0.15) is 18.4 Å². The fourth-order valence-corrected chi connectivity index (χ4v) is 3.93. The molecule has 1 saturated heterocycles. The van der Waals surface area contributed by atoms with Crippen LogP contribution in [0.2, 0.25) is 0 Å². The van der Waals surface area contributed by atoms with Crippen LogP contribution < -0.4 is 15.4 Å². The molecule has 2 N–H and O–H groups in total. The van der Waals surface area contributed by atoms with Crippen molar-refractivity contribution >= 4 is 22.6 Å². The maximum atomic E-state index is 12.6. The molecule has 0 atom stereocenters. The van der Waals surface area contributed by atoms with Gasteiger partial charge in [0.2, 0.25) is 0 Å². The van der Waals surface area contributed by atoms with Crippen LogP contribution in [0.4, 0.5) is 19.3 Å². The summed E-state index contributed by atoms with van der Waals surface area (Å²) in [7, 11) is 0. The molecule has 0 saturated carbocycles. The van der Waals surface area contributed by atoms with E-state index in [-0.39, 0.29) is 23.3 Å². The first kappa shape index (κ1) is 21.9. The smallest absolute Gasteiger partial charge is 0.387 e. The summed E-state index contributed by atoms with van der Waals surface area (Å²) in [6.07, 6.45) is 7.83. The number of benzene rings is 1. The lowest BCUT2D eigenvalue weighted by Gasteiger charge is -2.32. The van der Waals surface area contributed by atoms with Crippen molar-refractivity contribution in [3.05, 3.63) is 60.6 Å². The SMILES string of the molecule is O=C(Nc1ccc(OC(F)F)c2ncccc12)NC1CCN(CCc2ccncc2)CC1. The molecule has 168 valence electrons. The third kappa shape index (κ3) is 5.67. The van der Waals surface area contributed by atoms with E-state index in [0.717, 1.165) is 38.9 Å². The van der Waals surface area contributed by atoms with Crippen LogP contribution in [0.25, 0.3) is 10.9 Å². The Morgan fingerprint density at radius 2 is 1.91 bits per heavy atom. The number of carbonyl (C=O) groups excluding carboxylic acids is 1. The van der Waals surface area contributed by atoms with E-state index in [1.807, 2.05) is 24.5 Å². The molecule has 32 heavy (non-hydrogen) atoms. The minimum Gasteiger partial charge on any atom is -0.432 e. The highest BCUT2D eigenvalue weighted by molar-refractivity contribution is 6.02. The minimum absolute atomic E-state index is 0.0271. The van der Waals surface area contributed by atoms with E-state index in [1.165, 1.54) is 17.8 Å². The zero-order chi connectivity index (χ0) is 22.3. The van der Waals surface area contributed by atoms with E-state index in [2.05, 4.69) is 30.2 Å². The number of ether oxygens (including phenoxy) is 1. The lowest BCUT2D eigenvalue weighted by atomic mass is 10.0. The number of nitrogens with zero attached hydrogens (tertiary/aromatic N) is 3. The number of hydrogen-bond acceptors (Lipinski definition) is 5. The van der Waals surface area contributed by atoms with E-state index in [0.29, 0.717) is 11.1 Å². The summed E-state index contributed by atoms with van der Waals surface area (Å²) >= 11 is 0. The van der Waals surface area contributed by atoms with Gasteiger partial charge in [0.1, 0.15) is 5.52 Å². The van der Waals surface area contributed by atoms with E-state index in [1.54, 1.807) is 18.2 Å². The first-order valence-corrected chi connectivity index (χ1v) is 10.6. The van der Waals surface area contributed by atoms with Crippen LogP contribution in [-0.2, 0) is 6.42 Å². The van der Waals surface area contributed by atoms with Gasteiger partial charge in [-0.15, -0.1) is 0 Å². The second kappa shape index (κ2) is 10.3. The van der Waals surface area contributed by atoms with Crippen LogP contribution in [0, 0.1) is 0 Å². The van der Waals surface area contributed by atoms with E-state index in [4.69, 9.17) is 0 Å². The van der Waals surface area contributed by atoms with Crippen LogP contribution >= 0.6 is 0 Å². The van der Waals surface area contributed by atoms with Gasteiger partial charge in [0.15, 0.2) is 5.75 Å². The zero-order valence-electron chi connectivity index (χ0n) is 17.5. The monoisotopic (exact) mass is 441 g/mol. The molecule has 9 heteroatoms. The van der Waals surface area contributed by atoms with Gasteiger partial charge >= 0.3 is 12.6 Å². The number of halogens is 2. The number of anilines is 1. The summed E-state index contributed by atoms with van der Waals surface area (Å²) in [5, 5.41) is 6.37. The second-order valence-electron chi connectivity index (χ2n) is 7.71. The number of rotatable bonds is 7. The molecule has 4 rings (SSSR count). The number of nitrogens with one attached hydrogen (secondary N) is 2. The van der Waals surface area contributed by atoms with Gasteiger partial charge in [-0.25, -0.2) is 4.79 Å². The van der Waals surface area contributed by atoms with Gasteiger partial charge in [-0.1, -0.05) is 0 Å². The molecule has 0 radical (unpaired) electrons. The molecule has 1 fully saturated rings. The van der Waals surface area contributed by atoms with Crippen LogP contribution in [0.5, 0.6) is 5.75 Å². The maximum absolute atomic E-state index is 12.6. The molecule has 1 aliphatic heterocycles. The number of aromatic nitrogens is 2. The number of piperidine rings is 1. The Bertz CT molecular complexity index is 1040. The maximum Gasteiger partial charge on any atom is 0.387 e.